The van der Waals surface area contributed by atoms with Crippen molar-refractivity contribution < 1.29 is 19.5 Å². The predicted molar refractivity (Wildman–Crippen MR) is 121 cm³/mol. The Kier molecular flexibility index (Phi) is 5.89. The predicted octanol–water partition coefficient (Wildman–Crippen LogP) is 5.96. The SMILES string of the molecule is Cc1cccc(C(=O)ONc2ccc(N=NC(=O)c3cc4ccccc4cc3O)cc2)c1. The summed E-state index contributed by atoms with van der Waals surface area (Å²) in [6, 6.07) is 24.1. The van der Waals surface area contributed by atoms with E-state index < -0.39 is 11.9 Å². The third kappa shape index (κ3) is 4.79. The minimum Gasteiger partial charge on any atom is -0.507 e. The number of carbonyl (C=O) groups excluding carboxylic acids is 2. The molecule has 0 radical (unpaired) electrons. The molecule has 7 nitrogen and oxygen atoms in total. The number of rotatable bonds is 5. The van der Waals surface area contributed by atoms with Crippen molar-refractivity contribution in [2.45, 2.75) is 6.92 Å². The Hall–Kier alpha value is -4.52. The maximum atomic E-state index is 12.4. The number of aromatic hydroxyl groups is 1. The summed E-state index contributed by atoms with van der Waals surface area (Å²) >= 11 is 0. The molecule has 0 unspecified atom stereocenters. The highest BCUT2D eigenvalue weighted by Gasteiger charge is 2.12. The minimum atomic E-state index is -0.650. The number of amides is 1. The van der Waals surface area contributed by atoms with E-state index in [0.717, 1.165) is 16.3 Å². The minimum absolute atomic E-state index is 0.0776. The van der Waals surface area contributed by atoms with Gasteiger partial charge in [-0.25, -0.2) is 10.3 Å². The number of carbonyl (C=O) groups is 2. The van der Waals surface area contributed by atoms with Crippen LogP contribution in [-0.4, -0.2) is 17.0 Å². The molecule has 4 aromatic carbocycles. The van der Waals surface area contributed by atoms with E-state index in [4.69, 9.17) is 4.84 Å². The summed E-state index contributed by atoms with van der Waals surface area (Å²) in [6.07, 6.45) is 0. The van der Waals surface area contributed by atoms with Crippen molar-refractivity contribution in [1.82, 2.24) is 0 Å². The van der Waals surface area contributed by atoms with Crippen LogP contribution in [-0.2, 0) is 4.84 Å². The van der Waals surface area contributed by atoms with Crippen LogP contribution in [0.25, 0.3) is 10.8 Å². The number of aryl methyl sites for hydroxylation is 1. The molecule has 0 aliphatic rings. The second-order valence-corrected chi connectivity index (χ2v) is 7.13. The molecular formula is C25H19N3O4. The van der Waals surface area contributed by atoms with E-state index in [1.165, 1.54) is 6.07 Å². The summed E-state index contributed by atoms with van der Waals surface area (Å²) in [5, 5.41) is 19.4. The van der Waals surface area contributed by atoms with Gasteiger partial charge < -0.3 is 9.94 Å². The fourth-order valence-electron chi connectivity index (χ4n) is 3.09. The van der Waals surface area contributed by atoms with Gasteiger partial charge in [0, 0.05) is 0 Å². The van der Waals surface area contributed by atoms with Gasteiger partial charge in [-0.2, -0.15) is 0 Å². The van der Waals surface area contributed by atoms with Crippen LogP contribution in [0.5, 0.6) is 5.75 Å². The average Bonchev–Trinajstić information content (AvgIpc) is 2.81. The van der Waals surface area contributed by atoms with Crippen LogP contribution in [0, 0.1) is 6.92 Å². The molecule has 4 aromatic rings. The third-order valence-corrected chi connectivity index (χ3v) is 4.73. The average molecular weight is 425 g/mol. The van der Waals surface area contributed by atoms with E-state index in [0.29, 0.717) is 16.9 Å². The largest absolute Gasteiger partial charge is 0.507 e. The first-order chi connectivity index (χ1) is 15.5. The molecule has 32 heavy (non-hydrogen) atoms. The van der Waals surface area contributed by atoms with Gasteiger partial charge in [0.15, 0.2) is 0 Å². The van der Waals surface area contributed by atoms with Crippen molar-refractivity contribution in [3.8, 4) is 5.75 Å². The van der Waals surface area contributed by atoms with Crippen LogP contribution < -0.4 is 5.48 Å². The Morgan fingerprint density at radius 1 is 0.875 bits per heavy atom. The Balaban J connectivity index is 1.39. The number of phenols is 1. The van der Waals surface area contributed by atoms with E-state index >= 15 is 0 Å². The molecule has 0 aromatic heterocycles. The molecule has 0 bridgehead atoms. The normalized spacial score (nSPS) is 10.9. The second-order valence-electron chi connectivity index (χ2n) is 7.13. The molecule has 0 saturated carbocycles. The first-order valence-electron chi connectivity index (χ1n) is 9.81. The Morgan fingerprint density at radius 2 is 1.59 bits per heavy atom. The van der Waals surface area contributed by atoms with Crippen molar-refractivity contribution in [2.24, 2.45) is 10.2 Å². The number of nitrogens with zero attached hydrogens (tertiary/aromatic N) is 2. The number of phenolic OH excluding ortho intramolecular Hbond substituents is 1. The summed E-state index contributed by atoms with van der Waals surface area (Å²) in [7, 11) is 0. The van der Waals surface area contributed by atoms with Crippen LogP contribution in [0.4, 0.5) is 11.4 Å². The van der Waals surface area contributed by atoms with E-state index in [-0.39, 0.29) is 11.3 Å². The molecule has 0 saturated heterocycles. The number of hydrogen-bond acceptors (Lipinski definition) is 6. The number of nitrogens with one attached hydrogen (secondary N) is 1. The lowest BCUT2D eigenvalue weighted by molar-refractivity contribution is 0.0596. The number of benzene rings is 4. The monoisotopic (exact) mass is 425 g/mol. The summed E-state index contributed by atoms with van der Waals surface area (Å²) in [5.74, 6) is -1.30. The fourth-order valence-corrected chi connectivity index (χ4v) is 3.09. The standard InChI is InChI=1S/C25H19N3O4/c1-16-5-4-8-19(13-16)25(31)32-28-21-11-9-20(10-12-21)26-27-24(30)22-14-17-6-2-3-7-18(17)15-23(22)29/h2-15,28-29H,1H3. The van der Waals surface area contributed by atoms with Crippen molar-refractivity contribution in [3.63, 3.8) is 0 Å². The molecule has 0 spiro atoms. The number of azo groups is 1. The van der Waals surface area contributed by atoms with Gasteiger partial charge in [0.1, 0.15) is 5.75 Å². The van der Waals surface area contributed by atoms with Crippen molar-refractivity contribution >= 4 is 34.0 Å². The molecular weight excluding hydrogens is 406 g/mol. The molecule has 158 valence electrons. The molecule has 2 N–H and O–H groups in total. The first-order valence-corrected chi connectivity index (χ1v) is 9.81. The molecule has 4 rings (SSSR count). The lowest BCUT2D eigenvalue weighted by Crippen LogP contribution is -2.10. The molecule has 0 atom stereocenters. The van der Waals surface area contributed by atoms with E-state index in [1.807, 2.05) is 37.3 Å². The van der Waals surface area contributed by atoms with Crippen molar-refractivity contribution in [3.05, 3.63) is 102 Å². The van der Waals surface area contributed by atoms with Gasteiger partial charge in [-0.15, -0.1) is 10.2 Å². The van der Waals surface area contributed by atoms with Crippen molar-refractivity contribution in [1.29, 1.82) is 0 Å². The highest BCUT2D eigenvalue weighted by Crippen LogP contribution is 2.26. The van der Waals surface area contributed by atoms with Gasteiger partial charge in [0.25, 0.3) is 5.91 Å². The highest BCUT2D eigenvalue weighted by atomic mass is 16.7. The number of anilines is 1. The maximum Gasteiger partial charge on any atom is 0.362 e. The second kappa shape index (κ2) is 9.09. The van der Waals surface area contributed by atoms with Crippen LogP contribution in [0.15, 0.2) is 95.2 Å². The lowest BCUT2D eigenvalue weighted by atomic mass is 10.1. The zero-order valence-corrected chi connectivity index (χ0v) is 17.1. The molecule has 0 heterocycles. The van der Waals surface area contributed by atoms with Crippen LogP contribution in [0.1, 0.15) is 26.3 Å². The Morgan fingerprint density at radius 3 is 2.31 bits per heavy atom. The summed E-state index contributed by atoms with van der Waals surface area (Å²) < 4.78 is 0. The summed E-state index contributed by atoms with van der Waals surface area (Å²) in [6.45, 7) is 1.89. The zero-order valence-electron chi connectivity index (χ0n) is 17.1. The zero-order chi connectivity index (χ0) is 22.5. The highest BCUT2D eigenvalue weighted by molar-refractivity contribution is 6.01. The summed E-state index contributed by atoms with van der Waals surface area (Å²) in [5.41, 5.74) is 5.02. The van der Waals surface area contributed by atoms with E-state index in [9.17, 15) is 14.7 Å². The van der Waals surface area contributed by atoms with Gasteiger partial charge >= 0.3 is 5.97 Å². The number of hydrogen-bond donors (Lipinski definition) is 2. The number of fused-ring (bicyclic) bond motifs is 1. The first kappa shape index (κ1) is 20.7. The van der Waals surface area contributed by atoms with Gasteiger partial charge in [-0.3, -0.25) is 4.79 Å². The quantitative estimate of drug-likeness (QED) is 0.303. The smallest absolute Gasteiger partial charge is 0.362 e. The molecule has 1 amide bonds. The van der Waals surface area contributed by atoms with E-state index in [1.54, 1.807) is 48.5 Å². The topological polar surface area (TPSA) is 100 Å². The van der Waals surface area contributed by atoms with E-state index in [2.05, 4.69) is 15.7 Å². The van der Waals surface area contributed by atoms with Crippen LogP contribution in [0.2, 0.25) is 0 Å². The Labute approximate surface area is 184 Å². The maximum absolute atomic E-state index is 12.4. The van der Waals surface area contributed by atoms with Crippen molar-refractivity contribution in [2.75, 3.05) is 5.48 Å². The van der Waals surface area contributed by atoms with Gasteiger partial charge in [-0.1, -0.05) is 42.0 Å². The third-order valence-electron chi connectivity index (χ3n) is 4.73. The lowest BCUT2D eigenvalue weighted by Gasteiger charge is -2.07. The Bertz CT molecular complexity index is 1330. The van der Waals surface area contributed by atoms with Crippen LogP contribution >= 0.6 is 0 Å². The molecule has 0 fully saturated rings. The van der Waals surface area contributed by atoms with Gasteiger partial charge in [0.2, 0.25) is 0 Å². The molecule has 7 heteroatoms. The molecule has 0 aliphatic carbocycles. The van der Waals surface area contributed by atoms with Gasteiger partial charge in [0.05, 0.1) is 22.5 Å². The van der Waals surface area contributed by atoms with Crippen LogP contribution in [0.3, 0.4) is 0 Å². The molecule has 0 aliphatic heterocycles. The summed E-state index contributed by atoms with van der Waals surface area (Å²) in [4.78, 5) is 29.6. The van der Waals surface area contributed by atoms with Gasteiger partial charge in [-0.05, 0) is 66.2 Å². The fraction of sp³-hybridized carbons (Fsp3) is 0.0400.